The molecule has 1 aromatic rings. The van der Waals surface area contributed by atoms with Crippen molar-refractivity contribution in [1.29, 1.82) is 0 Å². The summed E-state index contributed by atoms with van der Waals surface area (Å²) >= 11 is 5.48. The van der Waals surface area contributed by atoms with Crippen LogP contribution in [0.5, 0.6) is 11.5 Å². The van der Waals surface area contributed by atoms with Gasteiger partial charge in [-0.2, -0.15) is 0 Å². The predicted octanol–water partition coefficient (Wildman–Crippen LogP) is 2.08. The van der Waals surface area contributed by atoms with E-state index >= 15 is 0 Å². The first-order valence-electron chi connectivity index (χ1n) is 6.37. The van der Waals surface area contributed by atoms with Gasteiger partial charge in [0, 0.05) is 24.6 Å². The number of methoxy groups -OCH3 is 2. The number of hydrogen-bond acceptors (Lipinski definition) is 4. The van der Waals surface area contributed by atoms with Crippen molar-refractivity contribution >= 4 is 17.5 Å². The van der Waals surface area contributed by atoms with Crippen molar-refractivity contribution in [3.05, 3.63) is 23.8 Å². The molecule has 0 fully saturated rings. The summed E-state index contributed by atoms with van der Waals surface area (Å²) in [5, 5.41) is 2.82. The minimum atomic E-state index is -0.150. The van der Waals surface area contributed by atoms with Gasteiger partial charge in [-0.25, -0.2) is 0 Å². The lowest BCUT2D eigenvalue weighted by molar-refractivity contribution is 0.0944. The Morgan fingerprint density at radius 1 is 1.20 bits per heavy atom. The lowest BCUT2D eigenvalue weighted by Crippen LogP contribution is -2.25. The lowest BCUT2D eigenvalue weighted by atomic mass is 10.2. The molecule has 112 valence electrons. The molecular formula is C14H20ClNO4. The monoisotopic (exact) mass is 301 g/mol. The van der Waals surface area contributed by atoms with Gasteiger partial charge in [0.05, 0.1) is 20.8 Å². The number of benzene rings is 1. The van der Waals surface area contributed by atoms with Gasteiger partial charge >= 0.3 is 0 Å². The maximum atomic E-state index is 11.9. The van der Waals surface area contributed by atoms with Crippen LogP contribution in [-0.4, -0.2) is 45.8 Å². The summed E-state index contributed by atoms with van der Waals surface area (Å²) in [7, 11) is 3.09. The Bertz CT molecular complexity index is 426. The third kappa shape index (κ3) is 5.27. The highest BCUT2D eigenvalue weighted by Gasteiger charge is 2.10. The molecule has 0 heterocycles. The van der Waals surface area contributed by atoms with Gasteiger partial charge in [0.25, 0.3) is 5.91 Å². The maximum absolute atomic E-state index is 11.9. The van der Waals surface area contributed by atoms with Crippen LogP contribution >= 0.6 is 11.6 Å². The Morgan fingerprint density at radius 3 is 2.60 bits per heavy atom. The molecule has 1 aromatic carbocycles. The number of carbonyl (C=O) groups is 1. The smallest absolute Gasteiger partial charge is 0.251 e. The van der Waals surface area contributed by atoms with Crippen LogP contribution < -0.4 is 14.8 Å². The summed E-state index contributed by atoms with van der Waals surface area (Å²) in [6, 6.07) is 5.05. The standard InChI is InChI=1S/C14H20ClNO4/c1-18-12-5-4-11(10-13(12)19-2)14(17)16-7-3-8-20-9-6-15/h4-5,10H,3,6-9H2,1-2H3,(H,16,17). The zero-order valence-corrected chi connectivity index (χ0v) is 12.5. The lowest BCUT2D eigenvalue weighted by Gasteiger charge is -2.10. The van der Waals surface area contributed by atoms with E-state index in [1.54, 1.807) is 25.3 Å². The molecule has 1 N–H and O–H groups in total. The minimum absolute atomic E-state index is 0.150. The molecular weight excluding hydrogens is 282 g/mol. The van der Waals surface area contributed by atoms with E-state index in [0.717, 1.165) is 6.42 Å². The average molecular weight is 302 g/mol. The summed E-state index contributed by atoms with van der Waals surface area (Å²) < 4.78 is 15.5. The summed E-state index contributed by atoms with van der Waals surface area (Å²) in [6.07, 6.45) is 0.746. The highest BCUT2D eigenvalue weighted by Crippen LogP contribution is 2.27. The van der Waals surface area contributed by atoms with Gasteiger partial charge in [-0.05, 0) is 24.6 Å². The fraction of sp³-hybridized carbons (Fsp3) is 0.500. The Balaban J connectivity index is 2.43. The third-order valence-electron chi connectivity index (χ3n) is 2.62. The fourth-order valence-corrected chi connectivity index (χ4v) is 1.72. The second-order valence-electron chi connectivity index (χ2n) is 3.98. The van der Waals surface area contributed by atoms with E-state index in [1.165, 1.54) is 7.11 Å². The molecule has 20 heavy (non-hydrogen) atoms. The first-order chi connectivity index (χ1) is 9.72. The zero-order chi connectivity index (χ0) is 14.8. The van der Waals surface area contributed by atoms with Crippen molar-refractivity contribution in [3.8, 4) is 11.5 Å². The first-order valence-corrected chi connectivity index (χ1v) is 6.90. The number of amides is 1. The van der Waals surface area contributed by atoms with Crippen LogP contribution in [0, 0.1) is 0 Å². The van der Waals surface area contributed by atoms with Crippen LogP contribution in [0.25, 0.3) is 0 Å². The van der Waals surface area contributed by atoms with Crippen molar-refractivity contribution in [2.45, 2.75) is 6.42 Å². The summed E-state index contributed by atoms with van der Waals surface area (Å²) in [5.41, 5.74) is 0.532. The Morgan fingerprint density at radius 2 is 1.95 bits per heavy atom. The highest BCUT2D eigenvalue weighted by molar-refractivity contribution is 6.17. The quantitative estimate of drug-likeness (QED) is 0.560. The number of hydrogen-bond donors (Lipinski definition) is 1. The number of halogens is 1. The minimum Gasteiger partial charge on any atom is -0.493 e. The molecule has 1 amide bonds. The first kappa shape index (κ1) is 16.6. The molecule has 0 radical (unpaired) electrons. The largest absolute Gasteiger partial charge is 0.493 e. The molecule has 1 rings (SSSR count). The molecule has 0 spiro atoms. The van der Waals surface area contributed by atoms with E-state index in [1.807, 2.05) is 0 Å². The molecule has 0 aromatic heterocycles. The topological polar surface area (TPSA) is 56.8 Å². The Hall–Kier alpha value is -1.46. The van der Waals surface area contributed by atoms with Crippen LogP contribution in [0.3, 0.4) is 0 Å². The number of alkyl halides is 1. The second-order valence-corrected chi connectivity index (χ2v) is 4.36. The summed E-state index contributed by atoms with van der Waals surface area (Å²) in [4.78, 5) is 11.9. The number of ether oxygens (including phenoxy) is 3. The number of rotatable bonds is 9. The van der Waals surface area contributed by atoms with E-state index in [-0.39, 0.29) is 5.91 Å². The van der Waals surface area contributed by atoms with Crippen LogP contribution in [0.4, 0.5) is 0 Å². The van der Waals surface area contributed by atoms with Gasteiger partial charge in [0.15, 0.2) is 11.5 Å². The van der Waals surface area contributed by atoms with Crippen LogP contribution in [0.1, 0.15) is 16.8 Å². The van der Waals surface area contributed by atoms with Crippen LogP contribution in [0.2, 0.25) is 0 Å². The molecule has 0 atom stereocenters. The van der Waals surface area contributed by atoms with Gasteiger partial charge in [-0.15, -0.1) is 11.6 Å². The normalized spacial score (nSPS) is 10.2. The molecule has 6 heteroatoms. The molecule has 0 aliphatic rings. The highest BCUT2D eigenvalue weighted by atomic mass is 35.5. The van der Waals surface area contributed by atoms with Crippen molar-refractivity contribution < 1.29 is 19.0 Å². The van der Waals surface area contributed by atoms with Gasteiger partial charge < -0.3 is 19.5 Å². The van der Waals surface area contributed by atoms with Gasteiger partial charge in [-0.1, -0.05) is 0 Å². The van der Waals surface area contributed by atoms with E-state index in [2.05, 4.69) is 5.32 Å². The SMILES string of the molecule is COc1ccc(C(=O)NCCCOCCCl)cc1OC. The average Bonchev–Trinajstić information content (AvgIpc) is 2.49. The Labute approximate surface area is 124 Å². The number of nitrogens with one attached hydrogen (secondary N) is 1. The van der Waals surface area contributed by atoms with Crippen LogP contribution in [-0.2, 0) is 4.74 Å². The molecule has 0 unspecified atom stereocenters. The van der Waals surface area contributed by atoms with E-state index in [9.17, 15) is 4.79 Å². The van der Waals surface area contributed by atoms with Gasteiger partial charge in [0.1, 0.15) is 0 Å². The zero-order valence-electron chi connectivity index (χ0n) is 11.8. The van der Waals surface area contributed by atoms with Crippen molar-refractivity contribution in [1.82, 2.24) is 5.32 Å². The molecule has 5 nitrogen and oxygen atoms in total. The molecule has 0 aliphatic heterocycles. The molecule has 0 bridgehead atoms. The van der Waals surface area contributed by atoms with Crippen molar-refractivity contribution in [3.63, 3.8) is 0 Å². The van der Waals surface area contributed by atoms with Crippen molar-refractivity contribution in [2.24, 2.45) is 0 Å². The van der Waals surface area contributed by atoms with Crippen LogP contribution in [0.15, 0.2) is 18.2 Å². The van der Waals surface area contributed by atoms with E-state index < -0.39 is 0 Å². The van der Waals surface area contributed by atoms with E-state index in [4.69, 9.17) is 25.8 Å². The predicted molar refractivity (Wildman–Crippen MR) is 78.0 cm³/mol. The van der Waals surface area contributed by atoms with Crippen molar-refractivity contribution in [2.75, 3.05) is 39.9 Å². The maximum Gasteiger partial charge on any atom is 0.251 e. The fourth-order valence-electron chi connectivity index (χ4n) is 1.61. The van der Waals surface area contributed by atoms with Gasteiger partial charge in [-0.3, -0.25) is 4.79 Å². The molecule has 0 saturated heterocycles. The summed E-state index contributed by atoms with van der Waals surface area (Å²) in [6.45, 7) is 1.67. The van der Waals surface area contributed by atoms with E-state index in [0.29, 0.717) is 42.7 Å². The summed E-state index contributed by atoms with van der Waals surface area (Å²) in [5.74, 6) is 1.46. The Kier molecular flexibility index (Phi) is 7.84. The third-order valence-corrected chi connectivity index (χ3v) is 2.77. The molecule has 0 saturated carbocycles. The van der Waals surface area contributed by atoms with Gasteiger partial charge in [0.2, 0.25) is 0 Å². The second kappa shape index (κ2) is 9.44. The number of carbonyl (C=O) groups excluding carboxylic acids is 1. The molecule has 0 aliphatic carbocycles.